The summed E-state index contributed by atoms with van der Waals surface area (Å²) >= 11 is 0. The zero-order valence-electron chi connectivity index (χ0n) is 30.7. The van der Waals surface area contributed by atoms with Gasteiger partial charge in [0.2, 0.25) is 0 Å². The van der Waals surface area contributed by atoms with Crippen molar-refractivity contribution in [2.45, 2.75) is 20.4 Å². The van der Waals surface area contributed by atoms with E-state index in [0.29, 0.717) is 0 Å². The first-order valence-corrected chi connectivity index (χ1v) is 18.3. The second-order valence-electron chi connectivity index (χ2n) is 14.1. The molecule has 1 aliphatic heterocycles. The van der Waals surface area contributed by atoms with Gasteiger partial charge < -0.3 is 4.90 Å². The van der Waals surface area contributed by atoms with Gasteiger partial charge in [0.1, 0.15) is 0 Å². The van der Waals surface area contributed by atoms with Gasteiger partial charge in [-0.2, -0.15) is 5.10 Å². The molecule has 0 N–H and O–H groups in total. The van der Waals surface area contributed by atoms with E-state index >= 15 is 0 Å². The second-order valence-corrected chi connectivity index (χ2v) is 14.1. The minimum absolute atomic E-state index is 0.722. The predicted octanol–water partition coefficient (Wildman–Crippen LogP) is 11.7. The number of rotatable bonds is 5. The predicted molar refractivity (Wildman–Crippen MR) is 227 cm³/mol. The molecule has 0 atom stereocenters. The summed E-state index contributed by atoms with van der Waals surface area (Å²) in [5.41, 5.74) is 15.2. The molecule has 8 aromatic rings. The number of hydrogen-bond donors (Lipinski definition) is 0. The Bertz CT molecular complexity index is 2920. The Hall–Kier alpha value is -6.85. The smallest absolute Gasteiger partial charge is 0.0934 e. The first-order chi connectivity index (χ1) is 26.4. The van der Waals surface area contributed by atoms with E-state index in [1.165, 1.54) is 27.5 Å². The molecule has 260 valence electrons. The third-order valence-corrected chi connectivity index (χ3v) is 10.4. The zero-order valence-corrected chi connectivity index (χ0v) is 30.7. The minimum Gasteiger partial charge on any atom is -0.374 e. The molecule has 1 aliphatic rings. The minimum atomic E-state index is 0.722. The monoisotopic (exact) mass is 697 g/mol. The second kappa shape index (κ2) is 13.6. The van der Waals surface area contributed by atoms with Crippen molar-refractivity contribution in [3.05, 3.63) is 192 Å². The fourth-order valence-electron chi connectivity index (χ4n) is 7.68. The quantitative estimate of drug-likeness (QED) is 0.168. The Labute approximate surface area is 315 Å². The Kier molecular flexibility index (Phi) is 8.32. The van der Waals surface area contributed by atoms with Crippen LogP contribution >= 0.6 is 0 Å². The van der Waals surface area contributed by atoms with Crippen LogP contribution in [0.4, 0.5) is 0 Å². The van der Waals surface area contributed by atoms with Gasteiger partial charge in [-0.3, -0.25) is 9.97 Å². The maximum atomic E-state index is 5.06. The van der Waals surface area contributed by atoms with Crippen LogP contribution in [0.15, 0.2) is 158 Å². The van der Waals surface area contributed by atoms with Crippen molar-refractivity contribution in [3.8, 4) is 11.1 Å². The molecule has 4 aromatic heterocycles. The molecule has 0 spiro atoms. The lowest BCUT2D eigenvalue weighted by atomic mass is 9.91. The summed E-state index contributed by atoms with van der Waals surface area (Å²) in [7, 11) is 2.12. The van der Waals surface area contributed by atoms with Crippen LogP contribution in [0.5, 0.6) is 0 Å². The fourth-order valence-corrected chi connectivity index (χ4v) is 7.68. The molecule has 0 fully saturated rings. The van der Waals surface area contributed by atoms with E-state index in [-0.39, 0.29) is 0 Å². The summed E-state index contributed by atoms with van der Waals surface area (Å²) in [6.45, 7) is 9.46. The van der Waals surface area contributed by atoms with Gasteiger partial charge >= 0.3 is 0 Å². The molecule has 0 radical (unpaired) electrons. The number of fused-ring (bicyclic) bond motifs is 6. The van der Waals surface area contributed by atoms with Crippen LogP contribution in [0.2, 0.25) is 0 Å². The van der Waals surface area contributed by atoms with E-state index in [1.807, 2.05) is 29.0 Å². The van der Waals surface area contributed by atoms with Crippen molar-refractivity contribution in [3.63, 3.8) is 0 Å². The summed E-state index contributed by atoms with van der Waals surface area (Å²) < 4.78 is 2.02. The van der Waals surface area contributed by atoms with Crippen LogP contribution in [-0.2, 0) is 6.54 Å². The SMILES string of the molecule is C=C(/C=C\c1ccc2cccnc2c1C)c1cccc2c3cc(-c4ccc(C5=C\N(C)Cc6ncccc6\C=C/C(C)=C/5)c5ccccc45)ccc3nn12. The normalized spacial score (nSPS) is 16.0. The van der Waals surface area contributed by atoms with Gasteiger partial charge in [-0.15, -0.1) is 0 Å². The molecule has 54 heavy (non-hydrogen) atoms. The highest BCUT2D eigenvalue weighted by Gasteiger charge is 2.15. The Balaban J connectivity index is 1.09. The molecular formula is C49H39N5. The summed E-state index contributed by atoms with van der Waals surface area (Å²) in [5.74, 6) is 0. The molecule has 4 aromatic carbocycles. The number of hydrogen-bond acceptors (Lipinski definition) is 4. The van der Waals surface area contributed by atoms with Crippen molar-refractivity contribution in [1.82, 2.24) is 24.5 Å². The van der Waals surface area contributed by atoms with E-state index in [1.54, 1.807) is 0 Å². The number of nitrogens with zero attached hydrogens (tertiary/aromatic N) is 5. The maximum absolute atomic E-state index is 5.06. The number of pyridine rings is 3. The largest absolute Gasteiger partial charge is 0.374 e. The van der Waals surface area contributed by atoms with Crippen LogP contribution in [0, 0.1) is 6.92 Å². The van der Waals surface area contributed by atoms with Crippen molar-refractivity contribution in [1.29, 1.82) is 0 Å². The lowest BCUT2D eigenvalue weighted by molar-refractivity contribution is 0.445. The average molecular weight is 698 g/mol. The molecule has 5 heterocycles. The molecule has 0 saturated carbocycles. The highest BCUT2D eigenvalue weighted by Crippen LogP contribution is 2.37. The average Bonchev–Trinajstić information content (AvgIpc) is 3.58. The Morgan fingerprint density at radius 1 is 0.759 bits per heavy atom. The van der Waals surface area contributed by atoms with E-state index in [0.717, 1.165) is 78.7 Å². The van der Waals surface area contributed by atoms with Gasteiger partial charge in [-0.05, 0) is 112 Å². The molecule has 0 unspecified atom stereocenters. The number of aryl methyl sites for hydroxylation is 1. The number of allylic oxidation sites excluding steroid dienone is 6. The van der Waals surface area contributed by atoms with E-state index in [4.69, 9.17) is 5.10 Å². The third-order valence-electron chi connectivity index (χ3n) is 10.4. The van der Waals surface area contributed by atoms with Gasteiger partial charge in [0.05, 0.1) is 34.5 Å². The molecule has 9 rings (SSSR count). The molecule has 0 aliphatic carbocycles. The van der Waals surface area contributed by atoms with Gasteiger partial charge in [-0.25, -0.2) is 4.52 Å². The van der Waals surface area contributed by atoms with Gasteiger partial charge in [0.15, 0.2) is 0 Å². The molecule has 5 nitrogen and oxygen atoms in total. The van der Waals surface area contributed by atoms with Crippen LogP contribution in [0.3, 0.4) is 0 Å². The fraction of sp³-hybridized carbons (Fsp3) is 0.0816. The van der Waals surface area contributed by atoms with Crippen LogP contribution < -0.4 is 0 Å². The summed E-state index contributed by atoms with van der Waals surface area (Å²) in [4.78, 5) is 11.5. The standard InChI is InChI=1S/C49H39N5/c1-32-16-18-36-10-8-26-50-46(36)31-53(4)30-39(28-32)41-24-23-40(42-12-5-6-13-43(41)42)38-22-25-45-44(29-38)48-15-7-14-47(54(48)52-45)33(2)17-19-35-20-21-37-11-9-27-51-49(37)34(35)3/h5-30H,2,31H2,1,3-4H3/b18-16-,19-17-,32-28+,39-30+. The highest BCUT2D eigenvalue weighted by molar-refractivity contribution is 6.06. The van der Waals surface area contributed by atoms with Crippen molar-refractivity contribution in [2.75, 3.05) is 7.05 Å². The van der Waals surface area contributed by atoms with E-state index in [9.17, 15) is 0 Å². The Morgan fingerprint density at radius 2 is 1.57 bits per heavy atom. The van der Waals surface area contributed by atoms with Gasteiger partial charge in [0, 0.05) is 36.4 Å². The first kappa shape index (κ1) is 33.0. The van der Waals surface area contributed by atoms with Gasteiger partial charge in [-0.1, -0.05) is 109 Å². The molecule has 0 bridgehead atoms. The van der Waals surface area contributed by atoms with Crippen LogP contribution in [0.1, 0.15) is 40.6 Å². The maximum Gasteiger partial charge on any atom is 0.0934 e. The molecule has 5 heteroatoms. The molecular weight excluding hydrogens is 659 g/mol. The highest BCUT2D eigenvalue weighted by atomic mass is 15.2. The Morgan fingerprint density at radius 3 is 2.46 bits per heavy atom. The van der Waals surface area contributed by atoms with Crippen molar-refractivity contribution in [2.24, 2.45) is 0 Å². The van der Waals surface area contributed by atoms with Crippen LogP contribution in [-0.4, -0.2) is 31.5 Å². The first-order valence-electron chi connectivity index (χ1n) is 18.3. The van der Waals surface area contributed by atoms with E-state index in [2.05, 4.69) is 176 Å². The summed E-state index contributed by atoms with van der Waals surface area (Å²) in [6.07, 6.45) is 16.8. The van der Waals surface area contributed by atoms with Crippen LogP contribution in [0.25, 0.3) is 72.5 Å². The zero-order chi connectivity index (χ0) is 36.8. The molecule has 0 saturated heterocycles. The van der Waals surface area contributed by atoms with Gasteiger partial charge in [0.25, 0.3) is 0 Å². The lowest BCUT2D eigenvalue weighted by Crippen LogP contribution is -2.13. The van der Waals surface area contributed by atoms with E-state index < -0.39 is 0 Å². The number of aromatic nitrogens is 4. The summed E-state index contributed by atoms with van der Waals surface area (Å²) in [5, 5.41) is 9.73. The van der Waals surface area contributed by atoms with Crippen molar-refractivity contribution >= 4 is 61.4 Å². The lowest BCUT2D eigenvalue weighted by Gasteiger charge is -2.19. The molecule has 0 amide bonds. The number of benzene rings is 4. The van der Waals surface area contributed by atoms with Crippen molar-refractivity contribution < 1.29 is 0 Å². The topological polar surface area (TPSA) is 46.3 Å². The third kappa shape index (κ3) is 6.00. The summed E-state index contributed by atoms with van der Waals surface area (Å²) in [6, 6.07) is 38.6.